The van der Waals surface area contributed by atoms with Crippen LogP contribution < -0.4 is 9.80 Å². The van der Waals surface area contributed by atoms with Gasteiger partial charge in [0.2, 0.25) is 0 Å². The molecule has 5 aromatic rings. The van der Waals surface area contributed by atoms with Crippen molar-refractivity contribution in [3.8, 4) is 0 Å². The van der Waals surface area contributed by atoms with Gasteiger partial charge in [0.15, 0.2) is 0 Å². The van der Waals surface area contributed by atoms with E-state index in [2.05, 4.69) is 147 Å². The molecule has 0 spiro atoms. The third-order valence-electron chi connectivity index (χ3n) is 5.49. The van der Waals surface area contributed by atoms with Crippen LogP contribution in [0.25, 0.3) is 0 Å². The summed E-state index contributed by atoms with van der Waals surface area (Å²) in [5.74, 6) is 0. The molecule has 0 aliphatic heterocycles. The Bertz CT molecular complexity index is 1250. The predicted molar refractivity (Wildman–Crippen MR) is 178 cm³/mol. The summed E-state index contributed by atoms with van der Waals surface area (Å²) in [4.78, 5) is 4.54. The van der Waals surface area contributed by atoms with Crippen molar-refractivity contribution in [2.24, 2.45) is 0 Å². The molecule has 0 unspecified atom stereocenters. The molecule has 0 radical (unpaired) electrons. The second kappa shape index (κ2) is 17.6. The van der Waals surface area contributed by atoms with Crippen molar-refractivity contribution in [3.05, 3.63) is 144 Å². The summed E-state index contributed by atoms with van der Waals surface area (Å²) in [6.07, 6.45) is 0. The van der Waals surface area contributed by atoms with Crippen LogP contribution in [0.4, 0.5) is 34.1 Å². The molecule has 0 heterocycles. The first-order valence-corrected chi connectivity index (χ1v) is 14.7. The van der Waals surface area contributed by atoms with E-state index in [9.17, 15) is 0 Å². The van der Waals surface area contributed by atoms with E-state index in [-0.39, 0.29) is 0 Å². The minimum absolute atomic E-state index is 1.07. The van der Waals surface area contributed by atoms with Crippen LogP contribution in [-0.2, 0) is 0 Å². The number of hydrogen-bond acceptors (Lipinski definition) is 2. The number of benzene rings is 5. The van der Waals surface area contributed by atoms with Crippen molar-refractivity contribution in [2.75, 3.05) is 9.80 Å². The topological polar surface area (TPSA) is 6.48 Å². The molecule has 5 aromatic carbocycles. The highest BCUT2D eigenvalue weighted by atomic mass is 79.9. The quantitative estimate of drug-likeness (QED) is 0.197. The van der Waals surface area contributed by atoms with Crippen LogP contribution in [0.5, 0.6) is 0 Å². The summed E-state index contributed by atoms with van der Waals surface area (Å²) < 4.78 is 1.07. The zero-order chi connectivity index (χ0) is 28.5. The zero-order valence-corrected chi connectivity index (χ0v) is 25.6. The summed E-state index contributed by atoms with van der Waals surface area (Å²) >= 11 is 3.55. The van der Waals surface area contributed by atoms with Gasteiger partial charge < -0.3 is 9.80 Å². The van der Waals surface area contributed by atoms with Gasteiger partial charge in [-0.05, 0) is 84.9 Å². The van der Waals surface area contributed by atoms with E-state index in [0.29, 0.717) is 0 Å². The van der Waals surface area contributed by atoms with Crippen molar-refractivity contribution in [3.63, 3.8) is 0 Å². The highest BCUT2D eigenvalue weighted by Gasteiger charge is 2.15. The van der Waals surface area contributed by atoms with Crippen LogP contribution in [0.2, 0.25) is 0 Å². The molecule has 0 atom stereocenters. The average molecular weight is 582 g/mol. The molecule has 0 fully saturated rings. The highest BCUT2D eigenvalue weighted by molar-refractivity contribution is 9.10. The fourth-order valence-electron chi connectivity index (χ4n) is 3.97. The number of rotatable bonds is 6. The van der Waals surface area contributed by atoms with Gasteiger partial charge in [0.05, 0.1) is 0 Å². The van der Waals surface area contributed by atoms with E-state index in [1.165, 1.54) is 0 Å². The normalized spacial score (nSPS) is 9.41. The lowest BCUT2D eigenvalue weighted by Crippen LogP contribution is -2.12. The summed E-state index contributed by atoms with van der Waals surface area (Å²) in [6.45, 7) is 12.0. The summed E-state index contributed by atoms with van der Waals surface area (Å²) in [5, 5.41) is 0. The van der Waals surface area contributed by atoms with Gasteiger partial charge in [0.25, 0.3) is 0 Å². The van der Waals surface area contributed by atoms with E-state index in [1.807, 2.05) is 59.7 Å². The molecule has 5 rings (SSSR count). The molecular formula is C36H41BrN2. The Labute approximate surface area is 244 Å². The maximum absolute atomic E-state index is 3.55. The Morgan fingerprint density at radius 2 is 0.513 bits per heavy atom. The van der Waals surface area contributed by atoms with E-state index in [4.69, 9.17) is 0 Å². The highest BCUT2D eigenvalue weighted by Crippen LogP contribution is 2.38. The fraction of sp³-hybridized carbons (Fsp3) is 0.167. The fourth-order valence-corrected chi connectivity index (χ4v) is 4.23. The van der Waals surface area contributed by atoms with Crippen molar-refractivity contribution in [2.45, 2.75) is 41.5 Å². The van der Waals surface area contributed by atoms with E-state index in [0.717, 1.165) is 38.6 Å². The number of nitrogens with zero attached hydrogens (tertiary/aromatic N) is 2. The van der Waals surface area contributed by atoms with Crippen LogP contribution in [-0.4, -0.2) is 0 Å². The number of halogens is 1. The first-order valence-electron chi connectivity index (χ1n) is 13.9. The van der Waals surface area contributed by atoms with Crippen molar-refractivity contribution >= 4 is 50.1 Å². The van der Waals surface area contributed by atoms with Crippen LogP contribution in [0.3, 0.4) is 0 Å². The third kappa shape index (κ3) is 8.59. The van der Waals surface area contributed by atoms with Gasteiger partial charge in [-0.2, -0.15) is 0 Å². The molecule has 3 heteroatoms. The molecule has 0 aliphatic carbocycles. The Morgan fingerprint density at radius 1 is 0.308 bits per heavy atom. The molecule has 0 amide bonds. The minimum atomic E-state index is 1.07. The summed E-state index contributed by atoms with van der Waals surface area (Å²) in [6, 6.07) is 48.5. The molecular weight excluding hydrogens is 540 g/mol. The van der Waals surface area contributed by atoms with Gasteiger partial charge in [-0.3, -0.25) is 0 Å². The second-order valence-corrected chi connectivity index (χ2v) is 8.59. The van der Waals surface area contributed by atoms with E-state index >= 15 is 0 Å². The van der Waals surface area contributed by atoms with Crippen LogP contribution >= 0.6 is 15.9 Å². The predicted octanol–water partition coefficient (Wildman–Crippen LogP) is 12.5. The van der Waals surface area contributed by atoms with E-state index in [1.54, 1.807) is 0 Å². The molecule has 0 N–H and O–H groups in total. The number of anilines is 6. The molecule has 0 saturated heterocycles. The SMILES string of the molecule is Brc1ccc(N(c2ccccc2)c2ccc(N(c3ccccc3)c3ccccc3)cc2)cc1.CC.CC.CC. The molecule has 0 bridgehead atoms. The average Bonchev–Trinajstić information content (AvgIpc) is 3.04. The lowest BCUT2D eigenvalue weighted by Gasteiger charge is -2.28. The lowest BCUT2D eigenvalue weighted by atomic mass is 10.1. The smallest absolute Gasteiger partial charge is 0.0463 e. The molecule has 0 aromatic heterocycles. The van der Waals surface area contributed by atoms with Gasteiger partial charge in [-0.15, -0.1) is 0 Å². The molecule has 0 aliphatic rings. The summed E-state index contributed by atoms with van der Waals surface area (Å²) in [7, 11) is 0. The molecule has 202 valence electrons. The Balaban J connectivity index is 0.000000833. The van der Waals surface area contributed by atoms with Gasteiger partial charge in [-0.1, -0.05) is 112 Å². The largest absolute Gasteiger partial charge is 0.311 e. The van der Waals surface area contributed by atoms with Gasteiger partial charge >= 0.3 is 0 Å². The van der Waals surface area contributed by atoms with Crippen molar-refractivity contribution in [1.82, 2.24) is 0 Å². The monoisotopic (exact) mass is 580 g/mol. The summed E-state index contributed by atoms with van der Waals surface area (Å²) in [5.41, 5.74) is 6.71. The number of hydrogen-bond donors (Lipinski definition) is 0. The second-order valence-electron chi connectivity index (χ2n) is 7.67. The van der Waals surface area contributed by atoms with Gasteiger partial charge in [0.1, 0.15) is 0 Å². The first kappa shape index (κ1) is 31.4. The maximum Gasteiger partial charge on any atom is 0.0463 e. The van der Waals surface area contributed by atoms with Gasteiger partial charge in [0, 0.05) is 38.6 Å². The first-order chi connectivity index (χ1) is 19.3. The molecule has 0 saturated carbocycles. The van der Waals surface area contributed by atoms with Gasteiger partial charge in [-0.25, -0.2) is 0 Å². The number of para-hydroxylation sites is 3. The van der Waals surface area contributed by atoms with Crippen LogP contribution in [0, 0.1) is 0 Å². The Kier molecular flexibility index (Phi) is 14.2. The molecule has 2 nitrogen and oxygen atoms in total. The zero-order valence-electron chi connectivity index (χ0n) is 24.1. The van der Waals surface area contributed by atoms with E-state index < -0.39 is 0 Å². The van der Waals surface area contributed by atoms with Crippen molar-refractivity contribution < 1.29 is 0 Å². The lowest BCUT2D eigenvalue weighted by molar-refractivity contribution is 1.25. The van der Waals surface area contributed by atoms with Crippen LogP contribution in [0.15, 0.2) is 144 Å². The standard InChI is InChI=1S/C30H23BrN2.3C2H6/c31-24-16-18-28(19-17-24)33(27-14-8-3-9-15-27)30-22-20-29(21-23-30)32(25-10-4-1-5-11-25)26-12-6-2-7-13-26;3*1-2/h1-23H;3*1-2H3. The van der Waals surface area contributed by atoms with Crippen LogP contribution in [0.1, 0.15) is 41.5 Å². The Morgan fingerprint density at radius 3 is 0.769 bits per heavy atom. The maximum atomic E-state index is 3.55. The minimum Gasteiger partial charge on any atom is -0.311 e. The Hall–Kier alpha value is -3.82. The van der Waals surface area contributed by atoms with Crippen molar-refractivity contribution in [1.29, 1.82) is 0 Å². The third-order valence-corrected chi connectivity index (χ3v) is 6.02. The molecule has 39 heavy (non-hydrogen) atoms.